The normalized spacial score (nSPS) is 11.6. The average molecular weight is 299 g/mol. The molecule has 0 saturated heterocycles. The molecule has 22 heavy (non-hydrogen) atoms. The van der Waals surface area contributed by atoms with Crippen LogP contribution in [-0.2, 0) is 4.79 Å². The molecule has 0 aliphatic carbocycles. The molecule has 4 heteroatoms. The molecule has 2 aromatic carbocycles. The van der Waals surface area contributed by atoms with Gasteiger partial charge in [0.25, 0.3) is 5.91 Å². The SMILES string of the molecule is COc1ccc([C@@H](C)NC(=O)COc2cccc(C)c2)cc1. The summed E-state index contributed by atoms with van der Waals surface area (Å²) < 4.78 is 10.6. The van der Waals surface area contributed by atoms with Crippen molar-refractivity contribution in [1.29, 1.82) is 0 Å². The lowest BCUT2D eigenvalue weighted by Crippen LogP contribution is -2.31. The molecule has 1 atom stereocenters. The Morgan fingerprint density at radius 3 is 2.50 bits per heavy atom. The molecule has 0 aliphatic rings. The van der Waals surface area contributed by atoms with Crippen molar-refractivity contribution in [3.8, 4) is 11.5 Å². The van der Waals surface area contributed by atoms with Crippen LogP contribution in [0.4, 0.5) is 0 Å². The van der Waals surface area contributed by atoms with E-state index in [-0.39, 0.29) is 18.6 Å². The van der Waals surface area contributed by atoms with Crippen LogP contribution in [0.5, 0.6) is 11.5 Å². The van der Waals surface area contributed by atoms with Crippen molar-refractivity contribution >= 4 is 5.91 Å². The fourth-order valence-corrected chi connectivity index (χ4v) is 2.11. The predicted molar refractivity (Wildman–Crippen MR) is 86.2 cm³/mol. The molecule has 2 aromatic rings. The van der Waals surface area contributed by atoms with Gasteiger partial charge in [0.2, 0.25) is 0 Å². The minimum Gasteiger partial charge on any atom is -0.497 e. The van der Waals surface area contributed by atoms with Crippen molar-refractivity contribution in [2.45, 2.75) is 19.9 Å². The molecule has 0 heterocycles. The van der Waals surface area contributed by atoms with Crippen LogP contribution in [0, 0.1) is 6.92 Å². The van der Waals surface area contributed by atoms with E-state index < -0.39 is 0 Å². The van der Waals surface area contributed by atoms with Crippen molar-refractivity contribution in [2.75, 3.05) is 13.7 Å². The van der Waals surface area contributed by atoms with Gasteiger partial charge >= 0.3 is 0 Å². The number of benzene rings is 2. The zero-order valence-electron chi connectivity index (χ0n) is 13.1. The van der Waals surface area contributed by atoms with Gasteiger partial charge in [-0.05, 0) is 49.2 Å². The Balaban J connectivity index is 1.85. The van der Waals surface area contributed by atoms with Crippen LogP contribution in [-0.4, -0.2) is 19.6 Å². The van der Waals surface area contributed by atoms with Gasteiger partial charge in [-0.2, -0.15) is 0 Å². The van der Waals surface area contributed by atoms with E-state index in [1.165, 1.54) is 0 Å². The van der Waals surface area contributed by atoms with E-state index in [0.717, 1.165) is 16.9 Å². The Hall–Kier alpha value is -2.49. The number of rotatable bonds is 6. The van der Waals surface area contributed by atoms with Gasteiger partial charge in [0.05, 0.1) is 13.2 Å². The maximum Gasteiger partial charge on any atom is 0.258 e. The Bertz CT molecular complexity index is 622. The van der Waals surface area contributed by atoms with E-state index in [4.69, 9.17) is 9.47 Å². The number of ether oxygens (including phenoxy) is 2. The molecule has 1 amide bonds. The molecule has 0 saturated carbocycles. The summed E-state index contributed by atoms with van der Waals surface area (Å²) in [6, 6.07) is 15.2. The molecule has 0 aliphatic heterocycles. The molecule has 0 bridgehead atoms. The van der Waals surface area contributed by atoms with Gasteiger partial charge in [0.1, 0.15) is 11.5 Å². The molecule has 0 fully saturated rings. The molecular formula is C18H21NO3. The standard InChI is InChI=1S/C18H21NO3/c1-13-5-4-6-17(11-13)22-12-18(20)19-14(2)15-7-9-16(21-3)10-8-15/h4-11,14H,12H2,1-3H3,(H,19,20)/t14-/m1/s1. The second kappa shape index (κ2) is 7.50. The van der Waals surface area contributed by atoms with Crippen molar-refractivity contribution in [1.82, 2.24) is 5.32 Å². The van der Waals surface area contributed by atoms with Gasteiger partial charge < -0.3 is 14.8 Å². The van der Waals surface area contributed by atoms with Gasteiger partial charge in [-0.3, -0.25) is 4.79 Å². The van der Waals surface area contributed by atoms with Crippen molar-refractivity contribution in [2.24, 2.45) is 0 Å². The Kier molecular flexibility index (Phi) is 5.42. The second-order valence-corrected chi connectivity index (χ2v) is 5.17. The summed E-state index contributed by atoms with van der Waals surface area (Å²) in [6.45, 7) is 3.93. The zero-order valence-corrected chi connectivity index (χ0v) is 13.1. The average Bonchev–Trinajstić information content (AvgIpc) is 2.53. The minimum atomic E-state index is -0.148. The largest absolute Gasteiger partial charge is 0.497 e. The lowest BCUT2D eigenvalue weighted by molar-refractivity contribution is -0.123. The van der Waals surface area contributed by atoms with Crippen LogP contribution in [0.3, 0.4) is 0 Å². The number of hydrogen-bond donors (Lipinski definition) is 1. The van der Waals surface area contributed by atoms with Crippen molar-refractivity contribution in [3.05, 3.63) is 59.7 Å². The molecule has 2 rings (SSSR count). The Morgan fingerprint density at radius 1 is 1.14 bits per heavy atom. The number of nitrogens with one attached hydrogen (secondary N) is 1. The maximum absolute atomic E-state index is 11.9. The third-order valence-electron chi connectivity index (χ3n) is 3.35. The Labute approximate surface area is 131 Å². The van der Waals surface area contributed by atoms with Gasteiger partial charge in [-0.15, -0.1) is 0 Å². The summed E-state index contributed by atoms with van der Waals surface area (Å²) in [5.74, 6) is 1.35. The van der Waals surface area contributed by atoms with E-state index in [0.29, 0.717) is 5.75 Å². The van der Waals surface area contributed by atoms with Gasteiger partial charge in [-0.25, -0.2) is 0 Å². The summed E-state index contributed by atoms with van der Waals surface area (Å²) >= 11 is 0. The van der Waals surface area contributed by atoms with Crippen molar-refractivity contribution in [3.63, 3.8) is 0 Å². The molecule has 0 unspecified atom stereocenters. The van der Waals surface area contributed by atoms with E-state index in [1.54, 1.807) is 7.11 Å². The lowest BCUT2D eigenvalue weighted by Gasteiger charge is -2.15. The summed E-state index contributed by atoms with van der Waals surface area (Å²) in [5, 5.41) is 2.91. The second-order valence-electron chi connectivity index (χ2n) is 5.17. The van der Waals surface area contributed by atoms with E-state index >= 15 is 0 Å². The van der Waals surface area contributed by atoms with Crippen LogP contribution < -0.4 is 14.8 Å². The summed E-state index contributed by atoms with van der Waals surface area (Å²) in [5.41, 5.74) is 2.12. The fourth-order valence-electron chi connectivity index (χ4n) is 2.11. The van der Waals surface area contributed by atoms with Gasteiger partial charge in [-0.1, -0.05) is 24.3 Å². The van der Waals surface area contributed by atoms with E-state index in [2.05, 4.69) is 5.32 Å². The van der Waals surface area contributed by atoms with Gasteiger partial charge in [0, 0.05) is 0 Å². The van der Waals surface area contributed by atoms with Gasteiger partial charge in [0.15, 0.2) is 6.61 Å². The number of hydrogen-bond acceptors (Lipinski definition) is 3. The molecule has 0 aromatic heterocycles. The first-order valence-electron chi connectivity index (χ1n) is 7.21. The van der Waals surface area contributed by atoms with E-state index in [9.17, 15) is 4.79 Å². The highest BCUT2D eigenvalue weighted by Gasteiger charge is 2.10. The first kappa shape index (κ1) is 15.9. The lowest BCUT2D eigenvalue weighted by atomic mass is 10.1. The Morgan fingerprint density at radius 2 is 1.86 bits per heavy atom. The van der Waals surface area contributed by atoms with E-state index in [1.807, 2.05) is 62.4 Å². The molecule has 4 nitrogen and oxygen atoms in total. The highest BCUT2D eigenvalue weighted by molar-refractivity contribution is 5.78. The number of carbonyl (C=O) groups is 1. The topological polar surface area (TPSA) is 47.6 Å². The van der Waals surface area contributed by atoms with Crippen molar-refractivity contribution < 1.29 is 14.3 Å². The van der Waals surface area contributed by atoms with Crippen LogP contribution in [0.25, 0.3) is 0 Å². The third-order valence-corrected chi connectivity index (χ3v) is 3.35. The molecular weight excluding hydrogens is 278 g/mol. The van der Waals surface area contributed by atoms with Crippen LogP contribution in [0.2, 0.25) is 0 Å². The molecule has 0 spiro atoms. The first-order valence-corrected chi connectivity index (χ1v) is 7.21. The smallest absolute Gasteiger partial charge is 0.258 e. The number of methoxy groups -OCH3 is 1. The number of aryl methyl sites for hydroxylation is 1. The number of carbonyl (C=O) groups excluding carboxylic acids is 1. The first-order chi connectivity index (χ1) is 10.6. The molecule has 0 radical (unpaired) electrons. The minimum absolute atomic E-state index is 0.00392. The highest BCUT2D eigenvalue weighted by Crippen LogP contribution is 2.17. The fraction of sp³-hybridized carbons (Fsp3) is 0.278. The predicted octanol–water partition coefficient (Wildman–Crippen LogP) is 3.26. The number of amides is 1. The highest BCUT2D eigenvalue weighted by atomic mass is 16.5. The monoisotopic (exact) mass is 299 g/mol. The summed E-state index contributed by atoms with van der Waals surface area (Å²) in [7, 11) is 1.63. The maximum atomic E-state index is 11.9. The van der Waals surface area contributed by atoms with Crippen LogP contribution in [0.15, 0.2) is 48.5 Å². The van der Waals surface area contributed by atoms with Crippen LogP contribution >= 0.6 is 0 Å². The third kappa shape index (κ3) is 4.52. The molecule has 1 N–H and O–H groups in total. The zero-order chi connectivity index (χ0) is 15.9. The summed E-state index contributed by atoms with van der Waals surface area (Å²) in [6.07, 6.45) is 0. The van der Waals surface area contributed by atoms with Crippen LogP contribution in [0.1, 0.15) is 24.1 Å². The quantitative estimate of drug-likeness (QED) is 0.890. The summed E-state index contributed by atoms with van der Waals surface area (Å²) in [4.78, 5) is 11.9. The molecule has 116 valence electrons.